The van der Waals surface area contributed by atoms with Gasteiger partial charge in [0.25, 0.3) is 11.2 Å². The van der Waals surface area contributed by atoms with Crippen molar-refractivity contribution in [2.24, 2.45) is 9.98 Å². The number of hydrogen-bond donors (Lipinski definition) is 6. The molecule has 2 aliphatic carbocycles. The predicted octanol–water partition coefficient (Wildman–Crippen LogP) is -2.31. The van der Waals surface area contributed by atoms with Gasteiger partial charge in [0.15, 0.2) is 17.6 Å². The van der Waals surface area contributed by atoms with E-state index in [0.717, 1.165) is 51.0 Å². The number of nitrogens with one attached hydrogen (secondary N) is 4. The third-order valence-electron chi connectivity index (χ3n) is 9.90. The molecule has 24 nitrogen and oxygen atoms in total. The Morgan fingerprint density at radius 3 is 1.68 bits per heavy atom. The monoisotopic (exact) mass is 813 g/mol. The Morgan fingerprint density at radius 1 is 0.700 bits per heavy atom. The molecule has 304 valence electrons. The van der Waals surface area contributed by atoms with E-state index < -0.39 is 11.4 Å². The van der Waals surface area contributed by atoms with Crippen LogP contribution >= 0.6 is 0 Å². The van der Waals surface area contributed by atoms with Gasteiger partial charge in [-0.15, -0.1) is 0 Å². The van der Waals surface area contributed by atoms with Crippen LogP contribution in [0.4, 0.5) is 0 Å². The summed E-state index contributed by atoms with van der Waals surface area (Å²) < 4.78 is 6.39. The summed E-state index contributed by atoms with van der Waals surface area (Å²) in [5, 5.41) is 29.6. The first-order valence-electron chi connectivity index (χ1n) is 19.1. The highest BCUT2D eigenvalue weighted by Gasteiger charge is 2.23. The average Bonchev–Trinajstić information content (AvgIpc) is 3.67. The normalized spacial score (nSPS) is 17.1. The minimum Gasteiger partial charge on any atom is -0.493 e. The van der Waals surface area contributed by atoms with Crippen LogP contribution in [0.25, 0.3) is 35.3 Å². The fourth-order valence-electron chi connectivity index (χ4n) is 6.60. The summed E-state index contributed by atoms with van der Waals surface area (Å²) in [6.07, 6.45) is 20.0. The maximum atomic E-state index is 11.5. The van der Waals surface area contributed by atoms with Crippen LogP contribution in [0.15, 0.2) is 57.0 Å². The van der Waals surface area contributed by atoms with Crippen LogP contribution < -0.4 is 33.1 Å². The molecule has 3 fully saturated rings. The van der Waals surface area contributed by atoms with Crippen molar-refractivity contribution >= 4 is 29.7 Å². The van der Waals surface area contributed by atoms with Gasteiger partial charge in [-0.25, -0.2) is 29.5 Å². The van der Waals surface area contributed by atoms with Gasteiger partial charge in [-0.1, -0.05) is 0 Å². The summed E-state index contributed by atoms with van der Waals surface area (Å²) in [5.74, 6) is 0.188. The number of nitrogens with zero attached hydrogens (tertiary/aromatic N) is 15. The molecule has 24 heteroatoms. The van der Waals surface area contributed by atoms with Gasteiger partial charge in [-0.3, -0.25) is 28.8 Å². The predicted molar refractivity (Wildman–Crippen MR) is 207 cm³/mol. The van der Waals surface area contributed by atoms with Crippen molar-refractivity contribution in [2.75, 3.05) is 13.1 Å². The lowest BCUT2D eigenvalue weighted by Gasteiger charge is -2.11. The molecule has 3 aliphatic rings. The van der Waals surface area contributed by atoms with Gasteiger partial charge >= 0.3 is 11.4 Å². The van der Waals surface area contributed by atoms with E-state index in [1.165, 1.54) is 46.7 Å². The number of carbonyl (C=O) groups excluding carboxylic acids is 1. The summed E-state index contributed by atoms with van der Waals surface area (Å²) in [4.78, 5) is 81.8. The molecule has 0 bridgehead atoms. The van der Waals surface area contributed by atoms with E-state index in [9.17, 15) is 24.6 Å². The molecule has 0 aromatic carbocycles. The molecule has 8 aromatic rings. The highest BCUT2D eigenvalue weighted by Crippen LogP contribution is 2.23. The number of aromatic hydroxyl groups is 2. The zero-order chi connectivity index (χ0) is 40.9. The van der Waals surface area contributed by atoms with E-state index in [1.54, 1.807) is 27.7 Å². The van der Waals surface area contributed by atoms with Crippen LogP contribution in [-0.2, 0) is 6.54 Å². The Bertz CT molecular complexity index is 3290. The third kappa shape index (κ3) is 7.48. The maximum Gasteiger partial charge on any atom is 0.326 e. The van der Waals surface area contributed by atoms with E-state index in [2.05, 4.69) is 64.9 Å². The van der Waals surface area contributed by atoms with Crippen molar-refractivity contribution in [3.63, 3.8) is 0 Å². The van der Waals surface area contributed by atoms with E-state index in [4.69, 9.17) is 9.98 Å². The molecule has 11 rings (SSSR count). The quantitative estimate of drug-likeness (QED) is 0.0836. The van der Waals surface area contributed by atoms with Crippen LogP contribution in [-0.4, -0.2) is 125 Å². The summed E-state index contributed by atoms with van der Waals surface area (Å²) in [6, 6.07) is 0.442. The largest absolute Gasteiger partial charge is 0.493 e. The van der Waals surface area contributed by atoms with Gasteiger partial charge in [0, 0.05) is 29.4 Å². The molecule has 60 heavy (non-hydrogen) atoms. The summed E-state index contributed by atoms with van der Waals surface area (Å²) in [6.45, 7) is 3.01. The molecule has 0 unspecified atom stereocenters. The lowest BCUT2D eigenvalue weighted by Crippen LogP contribution is -2.25. The molecule has 0 amide bonds. The molecular weight excluding hydrogens is 779 g/mol. The van der Waals surface area contributed by atoms with Gasteiger partial charge in [-0.05, 0) is 63.8 Å². The zero-order valence-electron chi connectivity index (χ0n) is 31.5. The number of likely N-dealkylation sites (tertiary alicyclic amines) is 1. The van der Waals surface area contributed by atoms with Crippen molar-refractivity contribution in [2.45, 2.75) is 57.2 Å². The highest BCUT2D eigenvalue weighted by molar-refractivity contribution is 5.71. The van der Waals surface area contributed by atoms with Gasteiger partial charge in [0.2, 0.25) is 23.7 Å². The number of carbonyl (C=O) groups is 1. The smallest absolute Gasteiger partial charge is 0.326 e. The summed E-state index contributed by atoms with van der Waals surface area (Å²) in [5.41, 5.74) is 2.42. The Labute approximate surface area is 334 Å². The first-order chi connectivity index (χ1) is 29.2. The molecule has 0 atom stereocenters. The number of aromatic nitrogens is 16. The number of hydrogen-bond acceptors (Lipinski definition) is 16. The fraction of sp³-hybridized carbons (Fsp3) is 0.306. The Kier molecular flexibility index (Phi) is 8.99. The number of H-pyrrole nitrogens is 4. The van der Waals surface area contributed by atoms with E-state index >= 15 is 0 Å². The number of imidazole rings is 4. The molecule has 0 radical (unpaired) electrons. The number of aromatic amines is 4. The van der Waals surface area contributed by atoms with Crippen LogP contribution in [0.1, 0.15) is 66.1 Å². The van der Waals surface area contributed by atoms with Crippen LogP contribution in [0, 0.1) is 0 Å². The SMILES string of the molecule is O=Cc1cn(-c2nc(=NC3CC3)n3ncc(=Cc4[nH]c(=O)[nH]c4O)c3n2)cn1.O=c1[nH]c(O)c(C=c2cnn3c(=NC4CC4)nc(-n4cnc(CN5CCCC5)c4)nc23)[nH]1. The third-order valence-corrected chi connectivity index (χ3v) is 9.90. The molecule has 2 saturated carbocycles. The Hall–Kier alpha value is -7.89. The average molecular weight is 814 g/mol. The second-order valence-electron chi connectivity index (χ2n) is 14.6. The molecule has 6 N–H and O–H groups in total. The first-order valence-corrected chi connectivity index (χ1v) is 19.1. The molecular formula is C36H35N19O5. The minimum absolute atomic E-state index is 0.195. The minimum atomic E-state index is -0.528. The molecule has 1 saturated heterocycles. The standard InChI is InChI=1S/C20H22N10O2.C16H13N9O3/c31-17-15(24-20(32)26-17)7-12-8-22-30-16(12)25-18(27-19(30)23-13-3-4-13)29-10-14(21-11-29)9-28-5-1-2-6-28;26-6-10-5-24(7-17-10)14-21-12-8(3-11-13(27)22-16(28)20-11)4-18-25(12)15(23-14)19-9-1-2-9/h7-8,10-11,13,31H,1-6,9H2,(H2,24,26,32);3-7,9,27H,1-2H2,(H2,20,22,28). The van der Waals surface area contributed by atoms with Crippen LogP contribution in [0.2, 0.25) is 0 Å². The molecule has 1 aliphatic heterocycles. The lowest BCUT2D eigenvalue weighted by molar-refractivity contribution is 0.111. The Morgan fingerprint density at radius 2 is 1.22 bits per heavy atom. The summed E-state index contributed by atoms with van der Waals surface area (Å²) >= 11 is 0. The highest BCUT2D eigenvalue weighted by atomic mass is 16.3. The van der Waals surface area contributed by atoms with Crippen molar-refractivity contribution in [3.8, 4) is 23.7 Å². The number of aldehydes is 1. The number of rotatable bonds is 9. The van der Waals surface area contributed by atoms with E-state index in [0.29, 0.717) is 45.2 Å². The van der Waals surface area contributed by atoms with Gasteiger partial charge in [0.1, 0.15) is 29.7 Å². The zero-order valence-corrected chi connectivity index (χ0v) is 31.5. The van der Waals surface area contributed by atoms with Gasteiger partial charge in [0.05, 0.1) is 30.2 Å². The van der Waals surface area contributed by atoms with Crippen molar-refractivity contribution in [1.82, 2.24) is 83.1 Å². The van der Waals surface area contributed by atoms with E-state index in [1.807, 2.05) is 6.20 Å². The van der Waals surface area contributed by atoms with Gasteiger partial charge in [-0.2, -0.15) is 39.2 Å². The molecule has 9 heterocycles. The number of fused-ring (bicyclic) bond motifs is 2. The second-order valence-corrected chi connectivity index (χ2v) is 14.6. The molecule has 8 aromatic heterocycles. The lowest BCUT2D eigenvalue weighted by atomic mass is 10.3. The molecule has 0 spiro atoms. The Balaban J connectivity index is 0.000000146. The van der Waals surface area contributed by atoms with Crippen LogP contribution in [0.5, 0.6) is 11.8 Å². The topological polar surface area (TPSA) is 305 Å². The van der Waals surface area contributed by atoms with Crippen molar-refractivity contribution in [1.29, 1.82) is 0 Å². The first kappa shape index (κ1) is 36.5. The van der Waals surface area contributed by atoms with Gasteiger partial charge < -0.3 is 20.2 Å². The fourth-order valence-corrected chi connectivity index (χ4v) is 6.60. The maximum absolute atomic E-state index is 11.5. The van der Waals surface area contributed by atoms with Crippen molar-refractivity contribution < 1.29 is 15.0 Å². The van der Waals surface area contributed by atoms with Crippen molar-refractivity contribution in [3.05, 3.63) is 103 Å². The van der Waals surface area contributed by atoms with E-state index in [-0.39, 0.29) is 46.9 Å². The summed E-state index contributed by atoms with van der Waals surface area (Å²) in [7, 11) is 0. The van der Waals surface area contributed by atoms with Crippen LogP contribution in [0.3, 0.4) is 0 Å². The second kappa shape index (κ2) is 14.8.